The molecule has 2 rings (SSSR count). The Morgan fingerprint density at radius 3 is 2.23 bits per heavy atom. The molecule has 0 unspecified atom stereocenters. The van der Waals surface area contributed by atoms with Crippen LogP contribution in [0.2, 0.25) is 0 Å². The molecule has 1 fully saturated rings. The monoisotopic (exact) mass is 418 g/mol. The fourth-order valence-electron chi connectivity index (χ4n) is 3.06. The van der Waals surface area contributed by atoms with Crippen LogP contribution < -0.4 is 5.32 Å². The summed E-state index contributed by atoms with van der Waals surface area (Å²) in [6, 6.07) is 7.80. The van der Waals surface area contributed by atoms with E-state index in [4.69, 9.17) is 14.9 Å². The van der Waals surface area contributed by atoms with E-state index in [-0.39, 0.29) is 17.9 Å². The molecule has 0 saturated carbocycles. The Kier molecular flexibility index (Phi) is 8.65. The number of hydrogen-bond donors (Lipinski definition) is 2. The number of hydrogen-bond acceptors (Lipinski definition) is 6. The number of amides is 2. The Morgan fingerprint density at radius 2 is 1.67 bits per heavy atom. The Labute approximate surface area is 179 Å². The highest BCUT2D eigenvalue weighted by Gasteiger charge is 2.26. The van der Waals surface area contributed by atoms with Crippen molar-refractivity contribution in [1.82, 2.24) is 15.1 Å². The van der Waals surface area contributed by atoms with Crippen LogP contribution in [0.3, 0.4) is 0 Å². The maximum atomic E-state index is 12.3. The summed E-state index contributed by atoms with van der Waals surface area (Å²) in [5.41, 5.74) is 1.51. The lowest BCUT2D eigenvalue weighted by Crippen LogP contribution is -2.52. The Balaban J connectivity index is 1.69. The van der Waals surface area contributed by atoms with Gasteiger partial charge in [-0.2, -0.15) is 0 Å². The molecule has 0 atom stereocenters. The molecule has 0 bridgehead atoms. The summed E-state index contributed by atoms with van der Waals surface area (Å²) in [4.78, 5) is 28.1. The molecule has 0 aromatic heterocycles. The standard InChI is InChI=1S/C22H34N4O4/c1-5-29-19(23)14-17-6-8-18(9-7-17)15-24-20(27)16-25-10-12-26(13-11-25)21(28)30-22(2,3)4/h6-9,23H,5,10-16H2,1-4H3,(H,24,27). The molecule has 1 aliphatic rings. The van der Waals surface area contributed by atoms with Crippen LogP contribution in [0.1, 0.15) is 38.8 Å². The van der Waals surface area contributed by atoms with Crippen molar-refractivity contribution in [1.29, 1.82) is 5.41 Å². The van der Waals surface area contributed by atoms with E-state index in [1.165, 1.54) is 0 Å². The molecule has 1 aliphatic heterocycles. The first-order valence-electron chi connectivity index (χ1n) is 10.4. The number of ether oxygens (including phenoxy) is 2. The van der Waals surface area contributed by atoms with Gasteiger partial charge in [0.25, 0.3) is 0 Å². The van der Waals surface area contributed by atoms with Gasteiger partial charge >= 0.3 is 6.09 Å². The highest BCUT2D eigenvalue weighted by molar-refractivity contribution is 5.78. The zero-order valence-electron chi connectivity index (χ0n) is 18.5. The zero-order valence-corrected chi connectivity index (χ0v) is 18.5. The molecule has 8 nitrogen and oxygen atoms in total. The van der Waals surface area contributed by atoms with Crippen LogP contribution in [0.15, 0.2) is 24.3 Å². The molecular weight excluding hydrogens is 384 g/mol. The highest BCUT2D eigenvalue weighted by Crippen LogP contribution is 2.12. The summed E-state index contributed by atoms with van der Waals surface area (Å²) < 4.78 is 10.6. The van der Waals surface area contributed by atoms with Crippen molar-refractivity contribution < 1.29 is 19.1 Å². The van der Waals surface area contributed by atoms with Crippen LogP contribution in [0.25, 0.3) is 0 Å². The number of carbonyl (C=O) groups is 2. The summed E-state index contributed by atoms with van der Waals surface area (Å²) in [5.74, 6) is 0.216. The second-order valence-electron chi connectivity index (χ2n) is 8.37. The van der Waals surface area contributed by atoms with E-state index in [0.717, 1.165) is 11.1 Å². The molecule has 0 radical (unpaired) electrons. The predicted octanol–water partition coefficient (Wildman–Crippen LogP) is 2.41. The number of nitrogens with zero attached hydrogens (tertiary/aromatic N) is 2. The lowest BCUT2D eigenvalue weighted by atomic mass is 10.1. The van der Waals surface area contributed by atoms with Crippen molar-refractivity contribution in [3.05, 3.63) is 35.4 Å². The molecule has 8 heteroatoms. The average molecular weight is 419 g/mol. The summed E-state index contributed by atoms with van der Waals surface area (Å²) in [6.07, 6.45) is 0.168. The fourth-order valence-corrected chi connectivity index (χ4v) is 3.06. The van der Waals surface area contributed by atoms with Gasteiger partial charge in [0, 0.05) is 39.1 Å². The molecule has 0 aliphatic carbocycles. The van der Waals surface area contributed by atoms with E-state index in [1.807, 2.05) is 56.9 Å². The summed E-state index contributed by atoms with van der Waals surface area (Å²) >= 11 is 0. The van der Waals surface area contributed by atoms with Crippen LogP contribution in [-0.2, 0) is 27.2 Å². The van der Waals surface area contributed by atoms with Gasteiger partial charge in [-0.05, 0) is 38.8 Å². The van der Waals surface area contributed by atoms with Crippen LogP contribution in [-0.4, -0.2) is 72.6 Å². The molecule has 1 saturated heterocycles. The summed E-state index contributed by atoms with van der Waals surface area (Å²) in [6.45, 7) is 11.1. The fraction of sp³-hybridized carbons (Fsp3) is 0.591. The van der Waals surface area contributed by atoms with Gasteiger partial charge in [0.05, 0.1) is 13.2 Å². The molecular formula is C22H34N4O4. The Morgan fingerprint density at radius 1 is 1.07 bits per heavy atom. The van der Waals surface area contributed by atoms with Crippen LogP contribution in [0.4, 0.5) is 4.79 Å². The maximum Gasteiger partial charge on any atom is 0.410 e. The normalized spacial score (nSPS) is 14.9. The third-order valence-corrected chi connectivity index (χ3v) is 4.59. The molecule has 1 aromatic carbocycles. The molecule has 1 heterocycles. The molecule has 30 heavy (non-hydrogen) atoms. The number of carbonyl (C=O) groups excluding carboxylic acids is 2. The second kappa shape index (κ2) is 11.0. The molecule has 2 N–H and O–H groups in total. The van der Waals surface area contributed by atoms with E-state index in [9.17, 15) is 9.59 Å². The van der Waals surface area contributed by atoms with Gasteiger partial charge < -0.3 is 19.7 Å². The third kappa shape index (κ3) is 8.41. The van der Waals surface area contributed by atoms with E-state index >= 15 is 0 Å². The Hall–Kier alpha value is -2.61. The van der Waals surface area contributed by atoms with E-state index in [1.54, 1.807) is 4.90 Å². The van der Waals surface area contributed by atoms with Crippen LogP contribution in [0, 0.1) is 5.41 Å². The van der Waals surface area contributed by atoms with Crippen molar-refractivity contribution >= 4 is 17.9 Å². The van der Waals surface area contributed by atoms with Crippen LogP contribution in [0.5, 0.6) is 0 Å². The predicted molar refractivity (Wildman–Crippen MR) is 116 cm³/mol. The van der Waals surface area contributed by atoms with E-state index in [0.29, 0.717) is 52.3 Å². The van der Waals surface area contributed by atoms with Crippen molar-refractivity contribution in [2.75, 3.05) is 39.3 Å². The van der Waals surface area contributed by atoms with Crippen molar-refractivity contribution in [3.63, 3.8) is 0 Å². The number of nitrogens with one attached hydrogen (secondary N) is 2. The summed E-state index contributed by atoms with van der Waals surface area (Å²) in [5, 5.41) is 10.6. The third-order valence-electron chi connectivity index (χ3n) is 4.59. The minimum atomic E-state index is -0.503. The molecule has 1 aromatic rings. The Bertz CT molecular complexity index is 720. The van der Waals surface area contributed by atoms with Gasteiger partial charge in [-0.15, -0.1) is 0 Å². The van der Waals surface area contributed by atoms with Gasteiger partial charge in [0.1, 0.15) is 5.60 Å². The average Bonchev–Trinajstić information content (AvgIpc) is 2.67. The van der Waals surface area contributed by atoms with Gasteiger partial charge in [-0.25, -0.2) is 4.79 Å². The number of piperazine rings is 1. The van der Waals surface area contributed by atoms with Gasteiger partial charge in [-0.3, -0.25) is 15.1 Å². The van der Waals surface area contributed by atoms with Gasteiger partial charge in [0.15, 0.2) is 5.90 Å². The first-order valence-corrected chi connectivity index (χ1v) is 10.4. The van der Waals surface area contributed by atoms with E-state index in [2.05, 4.69) is 5.32 Å². The first kappa shape index (κ1) is 23.7. The lowest BCUT2D eigenvalue weighted by molar-refractivity contribution is -0.122. The van der Waals surface area contributed by atoms with Crippen molar-refractivity contribution in [2.45, 2.75) is 46.3 Å². The minimum absolute atomic E-state index is 0.0390. The molecule has 2 amide bonds. The van der Waals surface area contributed by atoms with Crippen molar-refractivity contribution in [3.8, 4) is 0 Å². The number of rotatable bonds is 7. The van der Waals surface area contributed by atoms with Crippen molar-refractivity contribution in [2.24, 2.45) is 0 Å². The van der Waals surface area contributed by atoms with Gasteiger partial charge in [0.2, 0.25) is 5.91 Å². The van der Waals surface area contributed by atoms with Crippen LogP contribution >= 0.6 is 0 Å². The van der Waals surface area contributed by atoms with E-state index < -0.39 is 5.60 Å². The summed E-state index contributed by atoms with van der Waals surface area (Å²) in [7, 11) is 0. The maximum absolute atomic E-state index is 12.3. The largest absolute Gasteiger partial charge is 0.481 e. The highest BCUT2D eigenvalue weighted by atomic mass is 16.6. The second-order valence-corrected chi connectivity index (χ2v) is 8.37. The minimum Gasteiger partial charge on any atom is -0.481 e. The first-order chi connectivity index (χ1) is 14.2. The topological polar surface area (TPSA) is 95.0 Å². The SMILES string of the molecule is CCOC(=N)Cc1ccc(CNC(=O)CN2CCN(C(=O)OC(C)(C)C)CC2)cc1. The smallest absolute Gasteiger partial charge is 0.410 e. The van der Waals surface area contributed by atoms with Gasteiger partial charge in [-0.1, -0.05) is 24.3 Å². The molecule has 0 spiro atoms. The molecule has 166 valence electrons. The number of benzene rings is 1. The lowest BCUT2D eigenvalue weighted by Gasteiger charge is -2.35. The zero-order chi connectivity index (χ0) is 22.1. The quantitative estimate of drug-likeness (QED) is 0.524.